The largest absolute Gasteiger partial charge is 0.353 e. The van der Waals surface area contributed by atoms with E-state index < -0.39 is 0 Å². The lowest BCUT2D eigenvalue weighted by atomic mass is 9.81. The van der Waals surface area contributed by atoms with Crippen molar-refractivity contribution in [3.8, 4) is 0 Å². The monoisotopic (exact) mass is 314 g/mol. The number of nitrogens with one attached hydrogen (secondary N) is 2. The molecule has 0 atom stereocenters. The van der Waals surface area contributed by atoms with Crippen LogP contribution in [0.15, 0.2) is 24.3 Å². The molecule has 2 N–H and O–H groups in total. The quantitative estimate of drug-likeness (QED) is 0.878. The van der Waals surface area contributed by atoms with Crippen molar-refractivity contribution in [2.75, 3.05) is 0 Å². The third-order valence-electron chi connectivity index (χ3n) is 4.98. The van der Waals surface area contributed by atoms with Gasteiger partial charge in [-0.25, -0.2) is 0 Å². The molecule has 2 aliphatic rings. The van der Waals surface area contributed by atoms with Crippen LogP contribution < -0.4 is 10.6 Å². The molecule has 0 spiro atoms. The fourth-order valence-corrected chi connectivity index (χ4v) is 3.20. The van der Waals surface area contributed by atoms with Crippen LogP contribution in [0.4, 0.5) is 0 Å². The first kappa shape index (κ1) is 16.0. The van der Waals surface area contributed by atoms with Gasteiger partial charge in [0.15, 0.2) is 0 Å². The number of rotatable bonds is 5. The minimum absolute atomic E-state index is 0.0606. The highest BCUT2D eigenvalue weighted by molar-refractivity contribution is 5.81. The van der Waals surface area contributed by atoms with Crippen molar-refractivity contribution in [2.24, 2.45) is 11.8 Å². The molecule has 2 fully saturated rings. The van der Waals surface area contributed by atoms with Crippen molar-refractivity contribution >= 4 is 11.8 Å². The van der Waals surface area contributed by atoms with Crippen LogP contribution in [0, 0.1) is 18.8 Å². The van der Waals surface area contributed by atoms with Gasteiger partial charge >= 0.3 is 0 Å². The standard InChI is InChI=1S/C19H26N2O2/c1-13-2-4-14(5-3-13)12-20-18(22)15-6-8-16(9-7-15)19(23)21-17-10-11-17/h2-5,15-17H,6-12H2,1H3,(H,20,22)(H,21,23). The van der Waals surface area contributed by atoms with E-state index in [0.717, 1.165) is 44.1 Å². The maximum Gasteiger partial charge on any atom is 0.223 e. The Labute approximate surface area is 138 Å². The average molecular weight is 314 g/mol. The van der Waals surface area contributed by atoms with E-state index in [1.807, 2.05) is 0 Å². The number of hydrogen-bond donors (Lipinski definition) is 2. The van der Waals surface area contributed by atoms with Crippen molar-refractivity contribution in [1.29, 1.82) is 0 Å². The zero-order valence-corrected chi connectivity index (χ0v) is 13.8. The number of carbonyl (C=O) groups is 2. The molecule has 23 heavy (non-hydrogen) atoms. The maximum absolute atomic E-state index is 12.3. The van der Waals surface area contributed by atoms with Gasteiger partial charge in [-0.05, 0) is 51.0 Å². The van der Waals surface area contributed by atoms with Crippen LogP contribution in [0.2, 0.25) is 0 Å². The van der Waals surface area contributed by atoms with Crippen LogP contribution in [0.1, 0.15) is 49.7 Å². The molecule has 3 rings (SSSR count). The summed E-state index contributed by atoms with van der Waals surface area (Å²) in [5.41, 5.74) is 2.35. The minimum atomic E-state index is 0.0606. The Balaban J connectivity index is 1.40. The summed E-state index contributed by atoms with van der Waals surface area (Å²) in [6, 6.07) is 8.65. The Morgan fingerprint density at radius 3 is 2.04 bits per heavy atom. The van der Waals surface area contributed by atoms with E-state index in [-0.39, 0.29) is 23.7 Å². The molecule has 2 saturated carbocycles. The molecule has 1 aromatic carbocycles. The highest BCUT2D eigenvalue weighted by Crippen LogP contribution is 2.30. The van der Waals surface area contributed by atoms with Crippen LogP contribution in [0.5, 0.6) is 0 Å². The fourth-order valence-electron chi connectivity index (χ4n) is 3.20. The molecule has 0 radical (unpaired) electrons. The summed E-state index contributed by atoms with van der Waals surface area (Å²) in [7, 11) is 0. The van der Waals surface area contributed by atoms with Crippen molar-refractivity contribution in [2.45, 2.75) is 58.0 Å². The van der Waals surface area contributed by atoms with Gasteiger partial charge in [-0.15, -0.1) is 0 Å². The number of amides is 2. The Morgan fingerprint density at radius 1 is 0.913 bits per heavy atom. The molecule has 0 aliphatic heterocycles. The molecule has 2 amide bonds. The first-order valence-electron chi connectivity index (χ1n) is 8.75. The molecular formula is C19H26N2O2. The topological polar surface area (TPSA) is 58.2 Å². The Morgan fingerprint density at radius 2 is 1.48 bits per heavy atom. The van der Waals surface area contributed by atoms with Crippen LogP contribution in [0.3, 0.4) is 0 Å². The zero-order chi connectivity index (χ0) is 16.2. The van der Waals surface area contributed by atoms with Gasteiger partial charge in [-0.2, -0.15) is 0 Å². The van der Waals surface area contributed by atoms with E-state index in [9.17, 15) is 9.59 Å². The number of benzene rings is 1. The fraction of sp³-hybridized carbons (Fsp3) is 0.579. The Hall–Kier alpha value is -1.84. The molecule has 124 valence electrons. The molecule has 2 aliphatic carbocycles. The van der Waals surface area contributed by atoms with Crippen molar-refractivity contribution in [3.05, 3.63) is 35.4 Å². The first-order chi connectivity index (χ1) is 11.1. The predicted molar refractivity (Wildman–Crippen MR) is 89.6 cm³/mol. The van der Waals surface area contributed by atoms with Crippen LogP contribution in [-0.2, 0) is 16.1 Å². The highest BCUT2D eigenvalue weighted by Gasteiger charge is 2.32. The molecule has 0 saturated heterocycles. The SMILES string of the molecule is Cc1ccc(CNC(=O)C2CCC(C(=O)NC3CC3)CC2)cc1. The third kappa shape index (κ3) is 4.57. The zero-order valence-electron chi connectivity index (χ0n) is 13.8. The number of aryl methyl sites for hydroxylation is 1. The van der Waals surface area contributed by atoms with Gasteiger partial charge in [-0.3, -0.25) is 9.59 Å². The van der Waals surface area contributed by atoms with Gasteiger partial charge in [0.25, 0.3) is 0 Å². The normalized spacial score (nSPS) is 24.0. The summed E-state index contributed by atoms with van der Waals surface area (Å²) in [5.74, 6) is 0.500. The smallest absolute Gasteiger partial charge is 0.223 e. The molecule has 1 aromatic rings. The number of hydrogen-bond acceptors (Lipinski definition) is 2. The van der Waals surface area contributed by atoms with Crippen LogP contribution in [-0.4, -0.2) is 17.9 Å². The lowest BCUT2D eigenvalue weighted by Crippen LogP contribution is -2.38. The van der Waals surface area contributed by atoms with Gasteiger partial charge in [-0.1, -0.05) is 29.8 Å². The van der Waals surface area contributed by atoms with E-state index in [4.69, 9.17) is 0 Å². The highest BCUT2D eigenvalue weighted by atomic mass is 16.2. The van der Waals surface area contributed by atoms with Gasteiger partial charge in [0, 0.05) is 24.4 Å². The molecule has 0 unspecified atom stereocenters. The molecule has 0 aromatic heterocycles. The third-order valence-corrected chi connectivity index (χ3v) is 4.98. The van der Waals surface area contributed by atoms with Crippen LogP contribution >= 0.6 is 0 Å². The lowest BCUT2D eigenvalue weighted by molar-refractivity contribution is -0.130. The van der Waals surface area contributed by atoms with Crippen molar-refractivity contribution in [3.63, 3.8) is 0 Å². The van der Waals surface area contributed by atoms with E-state index in [1.165, 1.54) is 5.56 Å². The van der Waals surface area contributed by atoms with E-state index >= 15 is 0 Å². The van der Waals surface area contributed by atoms with Crippen LogP contribution in [0.25, 0.3) is 0 Å². The molecule has 4 nitrogen and oxygen atoms in total. The van der Waals surface area contributed by atoms with Gasteiger partial charge in [0.2, 0.25) is 11.8 Å². The summed E-state index contributed by atoms with van der Waals surface area (Å²) in [6.45, 7) is 2.64. The van der Waals surface area contributed by atoms with E-state index in [1.54, 1.807) is 0 Å². The second-order valence-electron chi connectivity index (χ2n) is 7.03. The van der Waals surface area contributed by atoms with Crippen molar-refractivity contribution in [1.82, 2.24) is 10.6 Å². The summed E-state index contributed by atoms with van der Waals surface area (Å²) in [6.07, 6.45) is 5.57. The first-order valence-corrected chi connectivity index (χ1v) is 8.75. The summed E-state index contributed by atoms with van der Waals surface area (Å²) in [4.78, 5) is 24.3. The maximum atomic E-state index is 12.3. The molecule has 0 bridgehead atoms. The van der Waals surface area contributed by atoms with Gasteiger partial charge < -0.3 is 10.6 Å². The van der Waals surface area contributed by atoms with E-state index in [0.29, 0.717) is 12.6 Å². The predicted octanol–water partition coefficient (Wildman–Crippen LogP) is 2.70. The van der Waals surface area contributed by atoms with Gasteiger partial charge in [0.05, 0.1) is 0 Å². The van der Waals surface area contributed by atoms with E-state index in [2.05, 4.69) is 41.8 Å². The molecular weight excluding hydrogens is 288 g/mol. The molecule has 4 heteroatoms. The van der Waals surface area contributed by atoms with Crippen molar-refractivity contribution < 1.29 is 9.59 Å². The minimum Gasteiger partial charge on any atom is -0.353 e. The average Bonchev–Trinajstić information content (AvgIpc) is 3.38. The summed E-state index contributed by atoms with van der Waals surface area (Å²) < 4.78 is 0. The number of carbonyl (C=O) groups excluding carboxylic acids is 2. The van der Waals surface area contributed by atoms with Gasteiger partial charge in [0.1, 0.15) is 0 Å². The summed E-state index contributed by atoms with van der Waals surface area (Å²) in [5, 5.41) is 6.11. The summed E-state index contributed by atoms with van der Waals surface area (Å²) >= 11 is 0. The molecule has 0 heterocycles. The Kier molecular flexibility index (Phi) is 4.99. The lowest BCUT2D eigenvalue weighted by Gasteiger charge is -2.27. The Bertz CT molecular complexity index is 555. The second kappa shape index (κ2) is 7.16. The second-order valence-corrected chi connectivity index (χ2v) is 7.03.